The first-order valence-electron chi connectivity index (χ1n) is 8.43. The van der Waals surface area contributed by atoms with E-state index in [-0.39, 0.29) is 17.9 Å². The van der Waals surface area contributed by atoms with Crippen molar-refractivity contribution in [2.45, 2.75) is 18.3 Å². The molecule has 0 spiro atoms. The molecule has 0 saturated carbocycles. The van der Waals surface area contributed by atoms with E-state index >= 15 is 0 Å². The summed E-state index contributed by atoms with van der Waals surface area (Å²) in [6.45, 7) is 2.25. The SMILES string of the molecule is O=C(O)c1cnc(NCC2(c3ccc4c(c3)OCO4)CCOCC2)cn1. The highest BCUT2D eigenvalue weighted by atomic mass is 16.7. The molecule has 2 aliphatic heterocycles. The quantitative estimate of drug-likeness (QED) is 0.838. The van der Waals surface area contributed by atoms with Crippen molar-refractivity contribution in [1.82, 2.24) is 9.97 Å². The third kappa shape index (κ3) is 3.15. The summed E-state index contributed by atoms with van der Waals surface area (Å²) >= 11 is 0. The lowest BCUT2D eigenvalue weighted by Crippen LogP contribution is -2.40. The second-order valence-corrected chi connectivity index (χ2v) is 6.41. The Kier molecular flexibility index (Phi) is 4.34. The number of rotatable bonds is 5. The van der Waals surface area contributed by atoms with Gasteiger partial charge in [-0.05, 0) is 30.5 Å². The molecular formula is C18H19N3O5. The van der Waals surface area contributed by atoms with Gasteiger partial charge in [-0.25, -0.2) is 14.8 Å². The van der Waals surface area contributed by atoms with E-state index in [1.165, 1.54) is 12.4 Å². The molecule has 8 heteroatoms. The number of hydrogen-bond donors (Lipinski definition) is 2. The number of carbonyl (C=O) groups is 1. The highest BCUT2D eigenvalue weighted by Gasteiger charge is 2.35. The number of nitrogens with one attached hydrogen (secondary N) is 1. The van der Waals surface area contributed by atoms with Crippen molar-refractivity contribution in [2.75, 3.05) is 31.9 Å². The van der Waals surface area contributed by atoms with Crippen molar-refractivity contribution in [3.8, 4) is 11.5 Å². The minimum absolute atomic E-state index is 0.0768. The van der Waals surface area contributed by atoms with Crippen molar-refractivity contribution in [3.05, 3.63) is 41.9 Å². The van der Waals surface area contributed by atoms with Gasteiger partial charge in [0.05, 0.1) is 12.4 Å². The zero-order valence-electron chi connectivity index (χ0n) is 14.1. The fraction of sp³-hybridized carbons (Fsp3) is 0.389. The average Bonchev–Trinajstić information content (AvgIpc) is 3.15. The first kappa shape index (κ1) is 16.6. The zero-order valence-corrected chi connectivity index (χ0v) is 14.1. The summed E-state index contributed by atoms with van der Waals surface area (Å²) in [6, 6.07) is 6.05. The van der Waals surface area contributed by atoms with E-state index in [1.807, 2.05) is 12.1 Å². The van der Waals surface area contributed by atoms with E-state index in [0.29, 0.717) is 25.6 Å². The minimum atomic E-state index is -1.09. The first-order valence-corrected chi connectivity index (χ1v) is 8.43. The molecule has 0 aliphatic carbocycles. The van der Waals surface area contributed by atoms with Gasteiger partial charge >= 0.3 is 5.97 Å². The Balaban J connectivity index is 1.55. The van der Waals surface area contributed by atoms with Gasteiger partial charge in [0, 0.05) is 25.2 Å². The second-order valence-electron chi connectivity index (χ2n) is 6.41. The van der Waals surface area contributed by atoms with Gasteiger partial charge in [0.2, 0.25) is 6.79 Å². The number of benzene rings is 1. The Morgan fingerprint density at radius 2 is 1.96 bits per heavy atom. The third-order valence-electron chi connectivity index (χ3n) is 4.91. The van der Waals surface area contributed by atoms with Crippen molar-refractivity contribution in [2.24, 2.45) is 0 Å². The number of anilines is 1. The third-order valence-corrected chi connectivity index (χ3v) is 4.91. The number of aromatic carboxylic acids is 1. The monoisotopic (exact) mass is 357 g/mol. The predicted molar refractivity (Wildman–Crippen MR) is 91.8 cm³/mol. The molecule has 8 nitrogen and oxygen atoms in total. The Morgan fingerprint density at radius 3 is 2.69 bits per heavy atom. The lowest BCUT2D eigenvalue weighted by atomic mass is 9.74. The number of fused-ring (bicyclic) bond motifs is 1. The summed E-state index contributed by atoms with van der Waals surface area (Å²) in [5.74, 6) is 0.977. The van der Waals surface area contributed by atoms with Gasteiger partial charge in [-0.1, -0.05) is 6.07 Å². The number of nitrogens with zero attached hydrogens (tertiary/aromatic N) is 2. The Labute approximate surface area is 150 Å². The van der Waals surface area contributed by atoms with Gasteiger partial charge in [-0.3, -0.25) is 0 Å². The molecule has 1 aromatic heterocycles. The molecule has 136 valence electrons. The van der Waals surface area contributed by atoms with Gasteiger partial charge in [0.15, 0.2) is 17.2 Å². The molecule has 2 N–H and O–H groups in total. The molecule has 0 bridgehead atoms. The van der Waals surface area contributed by atoms with Gasteiger partial charge in [-0.2, -0.15) is 0 Å². The minimum Gasteiger partial charge on any atom is -0.476 e. The van der Waals surface area contributed by atoms with Gasteiger partial charge in [0.1, 0.15) is 5.82 Å². The second kappa shape index (κ2) is 6.80. The van der Waals surface area contributed by atoms with Crippen LogP contribution in [0.5, 0.6) is 11.5 Å². The van der Waals surface area contributed by atoms with Gasteiger partial charge in [-0.15, -0.1) is 0 Å². The number of ether oxygens (including phenoxy) is 3. The molecule has 2 aromatic rings. The van der Waals surface area contributed by atoms with Crippen LogP contribution in [-0.4, -0.2) is 47.6 Å². The van der Waals surface area contributed by atoms with Crippen molar-refractivity contribution >= 4 is 11.8 Å². The molecule has 2 aliphatic rings. The van der Waals surface area contributed by atoms with Crippen LogP contribution in [0, 0.1) is 0 Å². The Morgan fingerprint density at radius 1 is 1.15 bits per heavy atom. The van der Waals surface area contributed by atoms with Crippen molar-refractivity contribution in [3.63, 3.8) is 0 Å². The first-order chi connectivity index (χ1) is 12.7. The fourth-order valence-electron chi connectivity index (χ4n) is 3.35. The molecule has 1 aromatic carbocycles. The molecular weight excluding hydrogens is 338 g/mol. The fourth-order valence-corrected chi connectivity index (χ4v) is 3.35. The molecule has 0 radical (unpaired) electrons. The molecule has 0 atom stereocenters. The Bertz CT molecular complexity index is 803. The summed E-state index contributed by atoms with van der Waals surface area (Å²) < 4.78 is 16.5. The molecule has 1 fully saturated rings. The van der Waals surface area contributed by atoms with Crippen molar-refractivity contribution < 1.29 is 24.1 Å². The van der Waals surface area contributed by atoms with Crippen LogP contribution in [0.4, 0.5) is 5.82 Å². The molecule has 0 unspecified atom stereocenters. The maximum Gasteiger partial charge on any atom is 0.356 e. The van der Waals surface area contributed by atoms with Crippen LogP contribution in [0.15, 0.2) is 30.6 Å². The van der Waals surface area contributed by atoms with Crippen LogP contribution in [-0.2, 0) is 10.2 Å². The van der Waals surface area contributed by atoms with Crippen LogP contribution >= 0.6 is 0 Å². The van der Waals surface area contributed by atoms with Gasteiger partial charge in [0.25, 0.3) is 0 Å². The molecule has 1 saturated heterocycles. The molecule has 0 amide bonds. The number of carboxylic acid groups (broad SMARTS) is 1. The number of carboxylic acids is 1. The van der Waals surface area contributed by atoms with E-state index in [4.69, 9.17) is 19.3 Å². The van der Waals surface area contributed by atoms with E-state index < -0.39 is 5.97 Å². The van der Waals surface area contributed by atoms with Crippen LogP contribution < -0.4 is 14.8 Å². The zero-order chi connectivity index (χ0) is 18.0. The summed E-state index contributed by atoms with van der Waals surface area (Å²) in [4.78, 5) is 18.9. The predicted octanol–water partition coefficient (Wildman–Crippen LogP) is 2.06. The highest BCUT2D eigenvalue weighted by Crippen LogP contribution is 2.40. The van der Waals surface area contributed by atoms with E-state index in [1.54, 1.807) is 0 Å². The summed E-state index contributed by atoms with van der Waals surface area (Å²) in [5.41, 5.74) is 0.951. The molecule has 3 heterocycles. The maximum absolute atomic E-state index is 10.9. The number of aromatic nitrogens is 2. The van der Waals surface area contributed by atoms with E-state index in [0.717, 1.165) is 29.9 Å². The lowest BCUT2D eigenvalue weighted by Gasteiger charge is -2.38. The number of hydrogen-bond acceptors (Lipinski definition) is 7. The molecule has 26 heavy (non-hydrogen) atoms. The maximum atomic E-state index is 10.9. The van der Waals surface area contributed by atoms with Gasteiger partial charge < -0.3 is 24.6 Å². The van der Waals surface area contributed by atoms with Crippen LogP contribution in [0.2, 0.25) is 0 Å². The standard InChI is InChI=1S/C18H19N3O5/c22-17(23)13-8-20-16(9-19-13)21-10-18(3-5-24-6-4-18)12-1-2-14-15(7-12)26-11-25-14/h1-2,7-9H,3-6,10-11H2,(H,20,21)(H,22,23). The average molecular weight is 357 g/mol. The van der Waals surface area contributed by atoms with Crippen molar-refractivity contribution in [1.29, 1.82) is 0 Å². The normalized spacial score (nSPS) is 17.7. The Hall–Kier alpha value is -2.87. The summed E-state index contributed by atoms with van der Waals surface area (Å²) in [5, 5.41) is 12.2. The van der Waals surface area contributed by atoms with E-state index in [2.05, 4.69) is 21.4 Å². The smallest absolute Gasteiger partial charge is 0.356 e. The summed E-state index contributed by atoms with van der Waals surface area (Å²) in [7, 11) is 0. The largest absolute Gasteiger partial charge is 0.476 e. The topological polar surface area (TPSA) is 103 Å². The summed E-state index contributed by atoms with van der Waals surface area (Å²) in [6.07, 6.45) is 4.42. The lowest BCUT2D eigenvalue weighted by molar-refractivity contribution is 0.0543. The van der Waals surface area contributed by atoms with E-state index in [9.17, 15) is 4.79 Å². The highest BCUT2D eigenvalue weighted by molar-refractivity contribution is 5.84. The molecule has 4 rings (SSSR count). The van der Waals surface area contributed by atoms with Crippen LogP contribution in [0.1, 0.15) is 28.9 Å². The van der Waals surface area contributed by atoms with Crippen LogP contribution in [0.3, 0.4) is 0 Å². The van der Waals surface area contributed by atoms with Crippen LogP contribution in [0.25, 0.3) is 0 Å².